The Kier molecular flexibility index (Phi) is 58.3. The van der Waals surface area contributed by atoms with Gasteiger partial charge in [0.15, 0.2) is 6.10 Å². The van der Waals surface area contributed by atoms with Gasteiger partial charge in [0.1, 0.15) is 13.2 Å². The summed E-state index contributed by atoms with van der Waals surface area (Å²) in [6, 6.07) is 0. The minimum Gasteiger partial charge on any atom is -0.462 e. The SMILES string of the molecule is CC/C=C\C/C=C\C/C=C\C/C=C\C/C=C\CCCCCC(=O)OCC(COC(=O)CCCCCCCCC/C=C\CCCCCCCC)OC(=O)CCCCCCCCCCC/C=C\CCCCCCCC. The van der Waals surface area contributed by atoms with E-state index >= 15 is 0 Å². The van der Waals surface area contributed by atoms with E-state index in [4.69, 9.17) is 14.2 Å². The van der Waals surface area contributed by atoms with Crippen molar-refractivity contribution >= 4 is 17.9 Å². The lowest BCUT2D eigenvalue weighted by Crippen LogP contribution is -2.30. The Labute approximate surface area is 452 Å². The average Bonchev–Trinajstić information content (AvgIpc) is 3.39. The van der Waals surface area contributed by atoms with E-state index in [-0.39, 0.29) is 31.1 Å². The normalized spacial score (nSPS) is 12.6. The minimum atomic E-state index is -0.795. The summed E-state index contributed by atoms with van der Waals surface area (Å²) < 4.78 is 16.9. The number of rotatable bonds is 56. The number of carbonyl (C=O) groups excluding carboxylic acids is 3. The molecule has 0 radical (unpaired) electrons. The zero-order valence-electron chi connectivity index (χ0n) is 48.1. The summed E-state index contributed by atoms with van der Waals surface area (Å²) in [6.45, 7) is 6.51. The maximum absolute atomic E-state index is 12.9. The first-order valence-corrected chi connectivity index (χ1v) is 31.1. The molecule has 0 aromatic heterocycles. The maximum Gasteiger partial charge on any atom is 0.306 e. The molecule has 420 valence electrons. The second-order valence-corrected chi connectivity index (χ2v) is 20.6. The third-order valence-corrected chi connectivity index (χ3v) is 13.4. The zero-order chi connectivity index (χ0) is 52.9. The van der Waals surface area contributed by atoms with Gasteiger partial charge in [-0.05, 0) is 116 Å². The van der Waals surface area contributed by atoms with Gasteiger partial charge in [-0.3, -0.25) is 14.4 Å². The van der Waals surface area contributed by atoms with Crippen LogP contribution in [0, 0.1) is 0 Å². The standard InChI is InChI=1S/C67H116O6/c1-4-7-10-13-16-19-22-25-28-31-33-36-39-42-45-48-51-54-57-60-66(69)72-63-64(62-71-65(68)59-56-53-50-47-44-41-38-35-30-27-24-21-18-15-12-9-6-3)73-67(70)61-58-55-52-49-46-43-40-37-34-32-29-26-23-20-17-14-11-8-5-2/h7,10,16,19,25-30,33,36,42,45,64H,4-6,8-9,11-15,17-18,20-24,31-32,34-35,37-41,43-44,46-63H2,1-3H3/b10-7-,19-16-,28-25-,29-26-,30-27-,36-33-,45-42-. The van der Waals surface area contributed by atoms with Crippen LogP contribution in [0.3, 0.4) is 0 Å². The predicted octanol–water partition coefficient (Wildman–Crippen LogP) is 21.1. The zero-order valence-corrected chi connectivity index (χ0v) is 48.1. The van der Waals surface area contributed by atoms with E-state index in [1.807, 2.05) is 0 Å². The Balaban J connectivity index is 4.44. The molecule has 0 aliphatic heterocycles. The van der Waals surface area contributed by atoms with E-state index in [1.165, 1.54) is 167 Å². The second-order valence-electron chi connectivity index (χ2n) is 20.6. The molecule has 0 heterocycles. The van der Waals surface area contributed by atoms with Gasteiger partial charge in [0.05, 0.1) is 0 Å². The number of carbonyl (C=O) groups is 3. The van der Waals surface area contributed by atoms with Crippen molar-refractivity contribution in [1.29, 1.82) is 0 Å². The Hall–Kier alpha value is -3.41. The van der Waals surface area contributed by atoms with E-state index in [9.17, 15) is 14.4 Å². The fraction of sp³-hybridized carbons (Fsp3) is 0.746. The summed E-state index contributed by atoms with van der Waals surface area (Å²) in [5.41, 5.74) is 0. The molecular formula is C67H116O6. The Morgan fingerprint density at radius 2 is 0.534 bits per heavy atom. The first-order chi connectivity index (χ1) is 36.0. The number of unbranched alkanes of at least 4 members (excludes halogenated alkanes) is 31. The molecule has 0 saturated heterocycles. The van der Waals surface area contributed by atoms with Crippen LogP contribution in [0.2, 0.25) is 0 Å². The van der Waals surface area contributed by atoms with Crippen molar-refractivity contribution in [3.05, 3.63) is 85.1 Å². The molecule has 0 amide bonds. The molecule has 0 aliphatic carbocycles. The molecule has 6 nitrogen and oxygen atoms in total. The molecule has 0 aromatic rings. The highest BCUT2D eigenvalue weighted by molar-refractivity contribution is 5.71. The van der Waals surface area contributed by atoms with Crippen LogP contribution in [-0.2, 0) is 28.6 Å². The van der Waals surface area contributed by atoms with Gasteiger partial charge < -0.3 is 14.2 Å². The summed E-state index contributed by atoms with van der Waals surface area (Å²) in [5, 5.41) is 0. The van der Waals surface area contributed by atoms with Crippen LogP contribution < -0.4 is 0 Å². The summed E-state index contributed by atoms with van der Waals surface area (Å²) in [7, 11) is 0. The van der Waals surface area contributed by atoms with Crippen LogP contribution in [0.25, 0.3) is 0 Å². The van der Waals surface area contributed by atoms with Crippen molar-refractivity contribution in [3.8, 4) is 0 Å². The first-order valence-electron chi connectivity index (χ1n) is 31.1. The number of allylic oxidation sites excluding steroid dienone is 14. The van der Waals surface area contributed by atoms with Crippen LogP contribution in [0.5, 0.6) is 0 Å². The van der Waals surface area contributed by atoms with Crippen LogP contribution in [-0.4, -0.2) is 37.2 Å². The summed E-state index contributed by atoms with van der Waals surface area (Å²) in [6.07, 6.45) is 80.0. The Bertz CT molecular complexity index is 1400. The van der Waals surface area contributed by atoms with Gasteiger partial charge in [0.25, 0.3) is 0 Å². The molecule has 6 heteroatoms. The van der Waals surface area contributed by atoms with E-state index in [0.717, 1.165) is 96.3 Å². The highest BCUT2D eigenvalue weighted by atomic mass is 16.6. The van der Waals surface area contributed by atoms with Gasteiger partial charge in [0.2, 0.25) is 0 Å². The fourth-order valence-electron chi connectivity index (χ4n) is 8.69. The lowest BCUT2D eigenvalue weighted by atomic mass is 10.1. The second kappa shape index (κ2) is 61.1. The van der Waals surface area contributed by atoms with E-state index < -0.39 is 6.10 Å². The highest BCUT2D eigenvalue weighted by Crippen LogP contribution is 2.16. The van der Waals surface area contributed by atoms with Crippen molar-refractivity contribution in [2.24, 2.45) is 0 Å². The predicted molar refractivity (Wildman–Crippen MR) is 316 cm³/mol. The van der Waals surface area contributed by atoms with Crippen LogP contribution in [0.4, 0.5) is 0 Å². The Morgan fingerprint density at radius 1 is 0.288 bits per heavy atom. The van der Waals surface area contributed by atoms with Crippen LogP contribution >= 0.6 is 0 Å². The quantitative estimate of drug-likeness (QED) is 0.0261. The molecule has 1 atom stereocenters. The molecule has 0 bridgehead atoms. The van der Waals surface area contributed by atoms with Crippen molar-refractivity contribution in [3.63, 3.8) is 0 Å². The molecule has 0 spiro atoms. The van der Waals surface area contributed by atoms with Gasteiger partial charge in [-0.25, -0.2) is 0 Å². The largest absolute Gasteiger partial charge is 0.462 e. The van der Waals surface area contributed by atoms with Gasteiger partial charge in [0, 0.05) is 19.3 Å². The fourth-order valence-corrected chi connectivity index (χ4v) is 8.69. The van der Waals surface area contributed by atoms with Crippen LogP contribution in [0.1, 0.15) is 303 Å². The van der Waals surface area contributed by atoms with Gasteiger partial charge in [-0.2, -0.15) is 0 Å². The van der Waals surface area contributed by atoms with Crippen molar-refractivity contribution in [2.45, 2.75) is 309 Å². The highest BCUT2D eigenvalue weighted by Gasteiger charge is 2.19. The Morgan fingerprint density at radius 3 is 0.863 bits per heavy atom. The smallest absolute Gasteiger partial charge is 0.306 e. The molecule has 0 rings (SSSR count). The summed E-state index contributed by atoms with van der Waals surface area (Å²) in [5.74, 6) is -0.918. The van der Waals surface area contributed by atoms with Crippen molar-refractivity contribution in [2.75, 3.05) is 13.2 Å². The summed E-state index contributed by atoms with van der Waals surface area (Å²) >= 11 is 0. The van der Waals surface area contributed by atoms with E-state index in [2.05, 4.69) is 106 Å². The molecular weight excluding hydrogens is 901 g/mol. The molecule has 0 saturated carbocycles. The third-order valence-electron chi connectivity index (χ3n) is 13.4. The average molecular weight is 1020 g/mol. The lowest BCUT2D eigenvalue weighted by Gasteiger charge is -2.18. The molecule has 73 heavy (non-hydrogen) atoms. The molecule has 0 aliphatic rings. The lowest BCUT2D eigenvalue weighted by molar-refractivity contribution is -0.167. The monoisotopic (exact) mass is 1020 g/mol. The van der Waals surface area contributed by atoms with Crippen molar-refractivity contribution in [1.82, 2.24) is 0 Å². The molecule has 0 aromatic carbocycles. The molecule has 0 fully saturated rings. The third kappa shape index (κ3) is 59.3. The van der Waals surface area contributed by atoms with Crippen molar-refractivity contribution < 1.29 is 28.6 Å². The van der Waals surface area contributed by atoms with Gasteiger partial charge >= 0.3 is 17.9 Å². The molecule has 1 unspecified atom stereocenters. The number of hydrogen-bond acceptors (Lipinski definition) is 6. The van der Waals surface area contributed by atoms with Gasteiger partial charge in [-0.15, -0.1) is 0 Å². The minimum absolute atomic E-state index is 0.0893. The summed E-state index contributed by atoms with van der Waals surface area (Å²) in [4.78, 5) is 38.3. The topological polar surface area (TPSA) is 78.9 Å². The molecule has 0 N–H and O–H groups in total. The first kappa shape index (κ1) is 69.6. The van der Waals surface area contributed by atoms with Crippen LogP contribution in [0.15, 0.2) is 85.1 Å². The maximum atomic E-state index is 12.9. The van der Waals surface area contributed by atoms with Gasteiger partial charge in [-0.1, -0.05) is 254 Å². The van der Waals surface area contributed by atoms with E-state index in [0.29, 0.717) is 19.3 Å². The van der Waals surface area contributed by atoms with E-state index in [1.54, 1.807) is 0 Å². The number of ether oxygens (including phenoxy) is 3. The number of esters is 3. The number of hydrogen-bond donors (Lipinski definition) is 0.